The molecule has 1 aromatic heterocycles. The molecule has 1 unspecified atom stereocenters. The number of carbonyl (C=O) groups is 2. The fourth-order valence-electron chi connectivity index (χ4n) is 5.45. The molecule has 240 valence electrons. The van der Waals surface area contributed by atoms with Crippen LogP contribution in [0, 0.1) is 0 Å². The molecule has 13 heteroatoms. The first kappa shape index (κ1) is 31.4. The quantitative estimate of drug-likeness (QED) is 0.217. The summed E-state index contributed by atoms with van der Waals surface area (Å²) < 4.78 is 61.8. The van der Waals surface area contributed by atoms with Crippen molar-refractivity contribution in [3.05, 3.63) is 104 Å². The van der Waals surface area contributed by atoms with Gasteiger partial charge in [-0.2, -0.15) is 13.2 Å². The van der Waals surface area contributed by atoms with Gasteiger partial charge < -0.3 is 28.4 Å². The van der Waals surface area contributed by atoms with E-state index in [0.717, 1.165) is 30.7 Å². The molecule has 6 rings (SSSR count). The van der Waals surface area contributed by atoms with E-state index in [0.29, 0.717) is 40.7 Å². The number of nitrogens with zero attached hydrogens (tertiary/aromatic N) is 2. The largest absolute Gasteiger partial charge is 0.464 e. The Morgan fingerprint density at radius 3 is 2.46 bits per heavy atom. The van der Waals surface area contributed by atoms with Crippen molar-refractivity contribution in [2.24, 2.45) is 0 Å². The van der Waals surface area contributed by atoms with E-state index < -0.39 is 30.1 Å². The van der Waals surface area contributed by atoms with Crippen LogP contribution in [0.5, 0.6) is 11.5 Å². The maximum absolute atomic E-state index is 14.1. The molecule has 2 aliphatic heterocycles. The first-order chi connectivity index (χ1) is 22.0. The Morgan fingerprint density at radius 1 is 0.935 bits per heavy atom. The van der Waals surface area contributed by atoms with Crippen LogP contribution in [0.15, 0.2) is 76.1 Å². The standard InChI is InChI=1S/C33H28ClF3N2O7/c34-24-8-10-27-26(13-24)31(41)22(18-44-27)15-38(14-20-3-9-28-29(12-20)46-19-45-28)30(40)17-39(16-25-2-1-11-43-25)32(42)21-4-6-23(7-5-21)33(35,36)37/h3-10,12-13,18,25H,1-2,11,14-17,19H2. The number of hydrogen-bond donors (Lipinski definition) is 0. The van der Waals surface area contributed by atoms with Crippen LogP contribution in [0.1, 0.15) is 39.9 Å². The van der Waals surface area contributed by atoms with Crippen molar-refractivity contribution in [3.63, 3.8) is 0 Å². The molecule has 46 heavy (non-hydrogen) atoms. The minimum atomic E-state index is -4.56. The fourth-order valence-corrected chi connectivity index (χ4v) is 5.62. The topological polar surface area (TPSA) is 98.5 Å². The van der Waals surface area contributed by atoms with Crippen molar-refractivity contribution in [1.82, 2.24) is 9.80 Å². The zero-order chi connectivity index (χ0) is 32.4. The number of alkyl halides is 3. The van der Waals surface area contributed by atoms with Gasteiger partial charge in [-0.25, -0.2) is 0 Å². The van der Waals surface area contributed by atoms with E-state index in [4.69, 9.17) is 30.2 Å². The Morgan fingerprint density at radius 2 is 1.72 bits per heavy atom. The lowest BCUT2D eigenvalue weighted by Gasteiger charge is -2.29. The molecule has 2 amide bonds. The Bertz CT molecular complexity index is 1820. The molecule has 0 radical (unpaired) electrons. The SMILES string of the molecule is O=C(CN(CC1CCCO1)C(=O)c1ccc(C(F)(F)F)cc1)N(Cc1ccc2c(c1)OCO2)Cc1coc2ccc(Cl)cc2c1=O. The predicted octanol–water partition coefficient (Wildman–Crippen LogP) is 6.04. The molecule has 0 saturated carbocycles. The second-order valence-electron chi connectivity index (χ2n) is 11.1. The van der Waals surface area contributed by atoms with Crippen LogP contribution in [-0.2, 0) is 28.8 Å². The average molecular weight is 657 g/mol. The van der Waals surface area contributed by atoms with Crippen LogP contribution in [0.25, 0.3) is 11.0 Å². The molecule has 0 bridgehead atoms. The summed E-state index contributed by atoms with van der Waals surface area (Å²) in [5.74, 6) is -0.0808. The smallest absolute Gasteiger partial charge is 0.416 e. The van der Waals surface area contributed by atoms with Gasteiger partial charge in [0, 0.05) is 30.3 Å². The van der Waals surface area contributed by atoms with Crippen LogP contribution in [0.3, 0.4) is 0 Å². The first-order valence-electron chi connectivity index (χ1n) is 14.5. The first-order valence-corrected chi connectivity index (χ1v) is 14.9. The highest BCUT2D eigenvalue weighted by molar-refractivity contribution is 6.31. The summed E-state index contributed by atoms with van der Waals surface area (Å²) in [6.45, 7) is 0.0609. The molecule has 1 saturated heterocycles. The molecule has 9 nitrogen and oxygen atoms in total. The van der Waals surface area contributed by atoms with Crippen LogP contribution >= 0.6 is 11.6 Å². The number of rotatable bonds is 9. The Balaban J connectivity index is 1.30. The summed E-state index contributed by atoms with van der Waals surface area (Å²) in [6, 6.07) is 13.7. The molecule has 3 aromatic carbocycles. The van der Waals surface area contributed by atoms with Gasteiger partial charge in [0.05, 0.1) is 35.4 Å². The maximum Gasteiger partial charge on any atom is 0.416 e. The van der Waals surface area contributed by atoms with Gasteiger partial charge in [0.15, 0.2) is 16.9 Å². The van der Waals surface area contributed by atoms with Gasteiger partial charge in [-0.05, 0) is 73.0 Å². The minimum Gasteiger partial charge on any atom is -0.464 e. The number of benzene rings is 3. The maximum atomic E-state index is 14.1. The summed E-state index contributed by atoms with van der Waals surface area (Å²) in [4.78, 5) is 43.8. The molecule has 4 aromatic rings. The lowest BCUT2D eigenvalue weighted by molar-refractivity contribution is -0.137. The van der Waals surface area contributed by atoms with E-state index >= 15 is 0 Å². The molecule has 3 heterocycles. The van der Waals surface area contributed by atoms with E-state index in [2.05, 4.69) is 0 Å². The van der Waals surface area contributed by atoms with Crippen molar-refractivity contribution in [1.29, 1.82) is 0 Å². The monoisotopic (exact) mass is 656 g/mol. The van der Waals surface area contributed by atoms with E-state index in [1.165, 1.54) is 22.1 Å². The van der Waals surface area contributed by atoms with Gasteiger partial charge in [0.2, 0.25) is 12.7 Å². The minimum absolute atomic E-state index is 0.00632. The average Bonchev–Trinajstić information content (AvgIpc) is 3.73. The Kier molecular flexibility index (Phi) is 8.92. The number of amides is 2. The highest BCUT2D eigenvalue weighted by Gasteiger charge is 2.32. The summed E-state index contributed by atoms with van der Waals surface area (Å²) in [7, 11) is 0. The number of fused-ring (bicyclic) bond motifs is 2. The van der Waals surface area contributed by atoms with Crippen molar-refractivity contribution in [2.75, 3.05) is 26.5 Å². The van der Waals surface area contributed by atoms with Crippen LogP contribution in [-0.4, -0.2) is 54.2 Å². The zero-order valence-corrected chi connectivity index (χ0v) is 25.1. The number of halogens is 4. The third-order valence-corrected chi connectivity index (χ3v) is 8.09. The van der Waals surface area contributed by atoms with Gasteiger partial charge in [0.1, 0.15) is 12.1 Å². The Labute approximate surface area is 266 Å². The third kappa shape index (κ3) is 6.97. The molecule has 2 aliphatic rings. The van der Waals surface area contributed by atoms with Crippen molar-refractivity contribution in [3.8, 4) is 11.5 Å². The number of carbonyl (C=O) groups excluding carboxylic acids is 2. The van der Waals surface area contributed by atoms with Crippen LogP contribution in [0.4, 0.5) is 13.2 Å². The lowest BCUT2D eigenvalue weighted by atomic mass is 10.1. The highest BCUT2D eigenvalue weighted by Crippen LogP contribution is 2.33. The van der Waals surface area contributed by atoms with Crippen molar-refractivity contribution >= 4 is 34.4 Å². The lowest BCUT2D eigenvalue weighted by Crippen LogP contribution is -2.45. The van der Waals surface area contributed by atoms with Crippen LogP contribution in [0.2, 0.25) is 5.02 Å². The molecular weight excluding hydrogens is 629 g/mol. The molecule has 0 N–H and O–H groups in total. The molecule has 1 fully saturated rings. The number of ether oxygens (including phenoxy) is 3. The molecular formula is C33H28ClF3N2O7. The van der Waals surface area contributed by atoms with Gasteiger partial charge >= 0.3 is 6.18 Å². The van der Waals surface area contributed by atoms with Gasteiger partial charge in [-0.1, -0.05) is 17.7 Å². The van der Waals surface area contributed by atoms with Gasteiger partial charge in [-0.15, -0.1) is 0 Å². The number of hydrogen-bond acceptors (Lipinski definition) is 7. The zero-order valence-electron chi connectivity index (χ0n) is 24.3. The normalized spacial score (nSPS) is 15.7. The summed E-state index contributed by atoms with van der Waals surface area (Å²) in [6.07, 6.45) is -2.18. The van der Waals surface area contributed by atoms with Gasteiger partial charge in [0.25, 0.3) is 5.91 Å². The summed E-state index contributed by atoms with van der Waals surface area (Å²) in [5, 5.41) is 0.592. The van der Waals surface area contributed by atoms with E-state index in [-0.39, 0.29) is 54.5 Å². The Hall–Kier alpha value is -4.55. The van der Waals surface area contributed by atoms with Gasteiger partial charge in [-0.3, -0.25) is 14.4 Å². The van der Waals surface area contributed by atoms with Crippen LogP contribution < -0.4 is 14.9 Å². The molecule has 0 aliphatic carbocycles. The summed E-state index contributed by atoms with van der Waals surface area (Å²) >= 11 is 6.12. The van der Waals surface area contributed by atoms with E-state index in [1.807, 2.05) is 0 Å². The highest BCUT2D eigenvalue weighted by atomic mass is 35.5. The second-order valence-corrected chi connectivity index (χ2v) is 11.5. The fraction of sp³-hybridized carbons (Fsp3) is 0.303. The second kappa shape index (κ2) is 13.1. The molecule has 1 atom stereocenters. The van der Waals surface area contributed by atoms with Crippen molar-refractivity contribution in [2.45, 2.75) is 38.2 Å². The third-order valence-electron chi connectivity index (χ3n) is 7.85. The summed E-state index contributed by atoms with van der Waals surface area (Å²) in [5.41, 5.74) is -0.0838. The van der Waals surface area contributed by atoms with Crippen molar-refractivity contribution < 1.29 is 41.4 Å². The molecule has 0 spiro atoms. The van der Waals surface area contributed by atoms with E-state index in [1.54, 1.807) is 30.3 Å². The predicted molar refractivity (Wildman–Crippen MR) is 161 cm³/mol. The van der Waals surface area contributed by atoms with E-state index in [9.17, 15) is 27.6 Å².